The van der Waals surface area contributed by atoms with E-state index < -0.39 is 60.1 Å². The average Bonchev–Trinajstić information content (AvgIpc) is 3.11. The summed E-state index contributed by atoms with van der Waals surface area (Å²) in [6.45, 7) is 6.19. The Morgan fingerprint density at radius 3 is 1.93 bits per heavy atom. The molecule has 0 aliphatic carbocycles. The topological polar surface area (TPSA) is 182 Å². The van der Waals surface area contributed by atoms with Gasteiger partial charge in [0.05, 0.1) is 18.2 Å². The van der Waals surface area contributed by atoms with Crippen LogP contribution in [0.15, 0.2) is 0 Å². The third-order valence-electron chi connectivity index (χ3n) is 4.95. The van der Waals surface area contributed by atoms with E-state index in [1.165, 1.54) is 13.8 Å². The Balaban J connectivity index is 2.95. The van der Waals surface area contributed by atoms with Crippen molar-refractivity contribution in [1.29, 1.82) is 0 Å². The van der Waals surface area contributed by atoms with E-state index in [1.807, 2.05) is 0 Å². The Morgan fingerprint density at radius 1 is 0.966 bits per heavy atom. The number of rotatable bonds is 9. The second kappa shape index (κ2) is 10.5. The lowest BCUT2D eigenvalue weighted by atomic mass is 10.0. The summed E-state index contributed by atoms with van der Waals surface area (Å²) in [5.41, 5.74) is 5.75. The first kappa shape index (κ1) is 24.8. The van der Waals surface area contributed by atoms with Crippen LogP contribution in [0, 0.1) is 5.92 Å². The molecule has 6 atom stereocenters. The van der Waals surface area contributed by atoms with Gasteiger partial charge < -0.3 is 36.6 Å². The van der Waals surface area contributed by atoms with Crippen LogP contribution in [-0.4, -0.2) is 86.8 Å². The molecule has 0 bridgehead atoms. The minimum atomic E-state index is -1.43. The molecular formula is C18H32N4O7. The van der Waals surface area contributed by atoms with E-state index in [-0.39, 0.29) is 18.9 Å². The molecule has 1 heterocycles. The number of hydrogen-bond acceptors (Lipinski definition) is 7. The van der Waals surface area contributed by atoms with E-state index in [9.17, 15) is 34.5 Å². The number of carbonyl (C=O) groups excluding carboxylic acids is 3. The molecule has 1 aliphatic rings. The lowest BCUT2D eigenvalue weighted by Gasteiger charge is -2.31. The Hall–Kier alpha value is -2.24. The van der Waals surface area contributed by atoms with Gasteiger partial charge in [0.15, 0.2) is 0 Å². The van der Waals surface area contributed by atoms with Crippen molar-refractivity contribution in [2.45, 2.75) is 76.9 Å². The summed E-state index contributed by atoms with van der Waals surface area (Å²) in [6, 6.07) is -4.77. The molecule has 1 aliphatic heterocycles. The summed E-state index contributed by atoms with van der Waals surface area (Å²) in [7, 11) is 0. The van der Waals surface area contributed by atoms with Gasteiger partial charge >= 0.3 is 5.97 Å². The van der Waals surface area contributed by atoms with Crippen LogP contribution in [0.1, 0.15) is 40.5 Å². The monoisotopic (exact) mass is 416 g/mol. The van der Waals surface area contributed by atoms with Crippen LogP contribution < -0.4 is 16.4 Å². The van der Waals surface area contributed by atoms with Crippen LogP contribution in [0.25, 0.3) is 0 Å². The Morgan fingerprint density at radius 2 is 1.48 bits per heavy atom. The van der Waals surface area contributed by atoms with Crippen molar-refractivity contribution in [3.63, 3.8) is 0 Å². The van der Waals surface area contributed by atoms with E-state index in [1.54, 1.807) is 13.8 Å². The predicted octanol–water partition coefficient (Wildman–Crippen LogP) is -2.22. The number of carboxylic acids is 1. The molecule has 1 fully saturated rings. The highest BCUT2D eigenvalue weighted by atomic mass is 16.4. The van der Waals surface area contributed by atoms with Crippen molar-refractivity contribution in [2.75, 3.05) is 6.54 Å². The molecule has 7 N–H and O–H groups in total. The third-order valence-corrected chi connectivity index (χ3v) is 4.95. The van der Waals surface area contributed by atoms with E-state index in [2.05, 4.69) is 10.6 Å². The molecule has 6 unspecified atom stereocenters. The maximum atomic E-state index is 12.8. The number of nitrogens with one attached hydrogen (secondary N) is 2. The summed E-state index contributed by atoms with van der Waals surface area (Å²) >= 11 is 0. The molecule has 0 aromatic heterocycles. The van der Waals surface area contributed by atoms with Crippen molar-refractivity contribution >= 4 is 23.7 Å². The maximum absolute atomic E-state index is 12.8. The molecule has 0 radical (unpaired) electrons. The lowest BCUT2D eigenvalue weighted by Crippen LogP contribution is -2.62. The molecule has 0 saturated carbocycles. The van der Waals surface area contributed by atoms with Crippen LogP contribution in [0.3, 0.4) is 0 Å². The van der Waals surface area contributed by atoms with Gasteiger partial charge in [-0.3, -0.25) is 14.4 Å². The van der Waals surface area contributed by atoms with Gasteiger partial charge in [-0.05, 0) is 32.6 Å². The molecule has 3 amide bonds. The van der Waals surface area contributed by atoms with Gasteiger partial charge in [-0.2, -0.15) is 0 Å². The Bertz CT molecular complexity index is 623. The first-order valence-corrected chi connectivity index (χ1v) is 9.64. The largest absolute Gasteiger partial charge is 0.480 e. The average molecular weight is 416 g/mol. The van der Waals surface area contributed by atoms with Gasteiger partial charge in [0.2, 0.25) is 17.7 Å². The molecule has 29 heavy (non-hydrogen) atoms. The van der Waals surface area contributed by atoms with Gasteiger partial charge in [0.25, 0.3) is 0 Å². The molecule has 1 rings (SSSR count). The van der Waals surface area contributed by atoms with Gasteiger partial charge in [0.1, 0.15) is 18.1 Å². The van der Waals surface area contributed by atoms with Crippen LogP contribution in [-0.2, 0) is 19.2 Å². The molecule has 11 heteroatoms. The fourth-order valence-electron chi connectivity index (χ4n) is 3.06. The van der Waals surface area contributed by atoms with Gasteiger partial charge in [-0.15, -0.1) is 0 Å². The lowest BCUT2D eigenvalue weighted by molar-refractivity contribution is -0.151. The predicted molar refractivity (Wildman–Crippen MR) is 102 cm³/mol. The van der Waals surface area contributed by atoms with E-state index in [0.717, 1.165) is 4.90 Å². The number of carbonyl (C=O) groups is 4. The molecule has 166 valence electrons. The highest BCUT2D eigenvalue weighted by Gasteiger charge is 2.40. The second-order valence-corrected chi connectivity index (χ2v) is 7.75. The van der Waals surface area contributed by atoms with Crippen LogP contribution in [0.4, 0.5) is 0 Å². The number of aliphatic hydroxyl groups excluding tert-OH is 2. The van der Waals surface area contributed by atoms with Crippen molar-refractivity contribution in [1.82, 2.24) is 15.5 Å². The maximum Gasteiger partial charge on any atom is 0.326 e. The highest BCUT2D eigenvalue weighted by Crippen LogP contribution is 2.19. The summed E-state index contributed by atoms with van der Waals surface area (Å²) in [5.74, 6) is -3.65. The summed E-state index contributed by atoms with van der Waals surface area (Å²) in [6.07, 6.45) is -1.87. The SMILES string of the molecule is CC(C)C(N)C(=O)NC(C(=O)NC(C(=O)N1CCCC1C(=O)O)C(C)O)C(C)O. The number of likely N-dealkylation sites (tertiary alicyclic amines) is 1. The Labute approximate surface area is 169 Å². The zero-order valence-electron chi connectivity index (χ0n) is 17.2. The fourth-order valence-corrected chi connectivity index (χ4v) is 3.06. The number of nitrogens with zero attached hydrogens (tertiary/aromatic N) is 1. The van der Waals surface area contributed by atoms with E-state index in [4.69, 9.17) is 5.73 Å². The van der Waals surface area contributed by atoms with Crippen molar-refractivity contribution in [3.8, 4) is 0 Å². The summed E-state index contributed by atoms with van der Waals surface area (Å²) in [5, 5.41) is 33.8. The number of hydrogen-bond donors (Lipinski definition) is 6. The minimum absolute atomic E-state index is 0.189. The van der Waals surface area contributed by atoms with E-state index in [0.29, 0.717) is 6.42 Å². The van der Waals surface area contributed by atoms with Gasteiger partial charge in [-0.25, -0.2) is 4.79 Å². The van der Waals surface area contributed by atoms with Crippen molar-refractivity contribution in [3.05, 3.63) is 0 Å². The second-order valence-electron chi connectivity index (χ2n) is 7.75. The molecule has 0 spiro atoms. The van der Waals surface area contributed by atoms with Crippen molar-refractivity contribution < 1.29 is 34.5 Å². The molecule has 0 aromatic rings. The molecule has 1 saturated heterocycles. The zero-order valence-corrected chi connectivity index (χ0v) is 17.2. The normalized spacial score (nSPS) is 21.8. The minimum Gasteiger partial charge on any atom is -0.480 e. The van der Waals surface area contributed by atoms with Crippen LogP contribution in [0.2, 0.25) is 0 Å². The number of aliphatic hydroxyl groups is 2. The first-order chi connectivity index (χ1) is 13.4. The molecular weight excluding hydrogens is 384 g/mol. The smallest absolute Gasteiger partial charge is 0.326 e. The molecule has 11 nitrogen and oxygen atoms in total. The summed E-state index contributed by atoms with van der Waals surface area (Å²) < 4.78 is 0. The summed E-state index contributed by atoms with van der Waals surface area (Å²) in [4.78, 5) is 50.0. The fraction of sp³-hybridized carbons (Fsp3) is 0.778. The number of carboxylic acid groups (broad SMARTS) is 1. The van der Waals surface area contributed by atoms with Gasteiger partial charge in [-0.1, -0.05) is 13.8 Å². The number of nitrogens with two attached hydrogens (primary N) is 1. The number of aliphatic carboxylic acids is 1. The quantitative estimate of drug-likeness (QED) is 0.244. The number of amides is 3. The first-order valence-electron chi connectivity index (χ1n) is 9.64. The highest BCUT2D eigenvalue weighted by molar-refractivity contribution is 5.94. The van der Waals surface area contributed by atoms with Crippen molar-refractivity contribution in [2.24, 2.45) is 11.7 Å². The zero-order chi connectivity index (χ0) is 22.5. The molecule has 0 aromatic carbocycles. The Kier molecular flexibility index (Phi) is 8.99. The van der Waals surface area contributed by atoms with Crippen LogP contribution in [0.5, 0.6) is 0 Å². The van der Waals surface area contributed by atoms with E-state index >= 15 is 0 Å². The standard InChI is InChI=1S/C18H32N4O7/c1-8(2)12(19)15(25)20-13(9(3)23)16(26)21-14(10(4)24)17(27)22-7-5-6-11(22)18(28)29/h8-14,23-24H,5-7,19H2,1-4H3,(H,20,25)(H,21,26)(H,28,29). The third kappa shape index (κ3) is 6.38. The van der Waals surface area contributed by atoms with Gasteiger partial charge in [0, 0.05) is 6.54 Å². The van der Waals surface area contributed by atoms with Crippen LogP contribution >= 0.6 is 0 Å².